The zero-order valence-corrected chi connectivity index (χ0v) is 11.5. The summed E-state index contributed by atoms with van der Waals surface area (Å²) in [6, 6.07) is 9.74. The molecule has 20 heavy (non-hydrogen) atoms. The van der Waals surface area contributed by atoms with Crippen LogP contribution in [0.5, 0.6) is 5.75 Å². The molecule has 1 aliphatic carbocycles. The Bertz CT molecular complexity index is 611. The van der Waals surface area contributed by atoms with Gasteiger partial charge in [-0.25, -0.2) is 15.8 Å². The van der Waals surface area contributed by atoms with E-state index in [0.717, 1.165) is 17.0 Å². The second-order valence-corrected chi connectivity index (χ2v) is 4.88. The fourth-order valence-electron chi connectivity index (χ4n) is 2.15. The molecule has 0 unspecified atom stereocenters. The number of hydrogen-bond acceptors (Lipinski definition) is 5. The van der Waals surface area contributed by atoms with Crippen molar-refractivity contribution in [3.8, 4) is 17.1 Å². The van der Waals surface area contributed by atoms with E-state index in [0.29, 0.717) is 24.2 Å². The van der Waals surface area contributed by atoms with Gasteiger partial charge in [-0.2, -0.15) is 0 Å². The molecular weight excluding hydrogens is 252 g/mol. The zero-order valence-electron chi connectivity index (χ0n) is 11.5. The third kappa shape index (κ3) is 2.72. The molecule has 0 amide bonds. The molecule has 0 bridgehead atoms. The Hall–Kier alpha value is -2.14. The van der Waals surface area contributed by atoms with Crippen molar-refractivity contribution in [2.45, 2.75) is 25.7 Å². The van der Waals surface area contributed by atoms with Gasteiger partial charge in [-0.1, -0.05) is 12.1 Å². The number of benzene rings is 1. The van der Waals surface area contributed by atoms with E-state index in [4.69, 9.17) is 10.6 Å². The van der Waals surface area contributed by atoms with Crippen LogP contribution in [-0.4, -0.2) is 16.6 Å². The Kier molecular flexibility index (Phi) is 3.52. The number of nitrogens with one attached hydrogen (secondary N) is 1. The minimum atomic E-state index is 0.555. The standard InChI is InChI=1S/C15H18N4O/c1-2-20-12-5-3-4-11(8-12)15-17-13(10-6-7-10)9-14(18-15)19-16/h3-5,8-10H,2,6-7,16H2,1H3,(H,17,18,19). The third-order valence-electron chi connectivity index (χ3n) is 3.29. The second kappa shape index (κ2) is 5.46. The van der Waals surface area contributed by atoms with Crippen LogP contribution < -0.4 is 16.0 Å². The maximum atomic E-state index is 5.52. The highest BCUT2D eigenvalue weighted by Gasteiger charge is 2.26. The van der Waals surface area contributed by atoms with Crippen LogP contribution in [0, 0.1) is 0 Å². The first kappa shape index (κ1) is 12.9. The van der Waals surface area contributed by atoms with Crippen LogP contribution in [0.15, 0.2) is 30.3 Å². The smallest absolute Gasteiger partial charge is 0.161 e. The molecule has 1 heterocycles. The van der Waals surface area contributed by atoms with Gasteiger partial charge in [-0.05, 0) is 31.9 Å². The van der Waals surface area contributed by atoms with Crippen LogP contribution in [0.1, 0.15) is 31.4 Å². The molecule has 0 radical (unpaired) electrons. The van der Waals surface area contributed by atoms with Crippen molar-refractivity contribution in [3.05, 3.63) is 36.0 Å². The first-order valence-electron chi connectivity index (χ1n) is 6.89. The topological polar surface area (TPSA) is 73.1 Å². The highest BCUT2D eigenvalue weighted by molar-refractivity contribution is 5.60. The van der Waals surface area contributed by atoms with Gasteiger partial charge < -0.3 is 10.2 Å². The van der Waals surface area contributed by atoms with Gasteiger partial charge >= 0.3 is 0 Å². The molecular formula is C15H18N4O. The minimum absolute atomic E-state index is 0.555. The van der Waals surface area contributed by atoms with Gasteiger partial charge in [0.2, 0.25) is 0 Å². The molecule has 3 rings (SSSR count). The van der Waals surface area contributed by atoms with Crippen molar-refractivity contribution in [2.24, 2.45) is 5.84 Å². The molecule has 5 nitrogen and oxygen atoms in total. The van der Waals surface area contributed by atoms with E-state index in [-0.39, 0.29) is 0 Å². The van der Waals surface area contributed by atoms with Crippen molar-refractivity contribution in [2.75, 3.05) is 12.0 Å². The number of hydrazine groups is 1. The summed E-state index contributed by atoms with van der Waals surface area (Å²) in [5.41, 5.74) is 4.62. The average molecular weight is 270 g/mol. The van der Waals surface area contributed by atoms with E-state index in [1.165, 1.54) is 12.8 Å². The monoisotopic (exact) mass is 270 g/mol. The van der Waals surface area contributed by atoms with Crippen LogP contribution >= 0.6 is 0 Å². The van der Waals surface area contributed by atoms with Crippen molar-refractivity contribution < 1.29 is 4.74 Å². The highest BCUT2D eigenvalue weighted by atomic mass is 16.5. The summed E-state index contributed by atoms with van der Waals surface area (Å²) in [6.07, 6.45) is 2.39. The fourth-order valence-corrected chi connectivity index (χ4v) is 2.15. The normalized spacial score (nSPS) is 14.1. The second-order valence-electron chi connectivity index (χ2n) is 4.88. The SMILES string of the molecule is CCOc1cccc(-c2nc(NN)cc(C3CC3)n2)c1. The van der Waals surface area contributed by atoms with Gasteiger partial charge in [0.25, 0.3) is 0 Å². The summed E-state index contributed by atoms with van der Waals surface area (Å²) in [6.45, 7) is 2.61. The summed E-state index contributed by atoms with van der Waals surface area (Å²) in [4.78, 5) is 9.08. The van der Waals surface area contributed by atoms with Crippen LogP contribution in [0.25, 0.3) is 11.4 Å². The van der Waals surface area contributed by atoms with Crippen molar-refractivity contribution in [1.82, 2.24) is 9.97 Å². The number of rotatable bonds is 5. The van der Waals surface area contributed by atoms with E-state index in [1.54, 1.807) is 0 Å². The molecule has 1 aromatic heterocycles. The average Bonchev–Trinajstić information content (AvgIpc) is 3.32. The van der Waals surface area contributed by atoms with Gasteiger partial charge in [-0.15, -0.1) is 0 Å². The van der Waals surface area contributed by atoms with E-state index >= 15 is 0 Å². The Morgan fingerprint density at radius 1 is 1.30 bits per heavy atom. The number of anilines is 1. The molecule has 1 aromatic carbocycles. The summed E-state index contributed by atoms with van der Waals surface area (Å²) in [7, 11) is 0. The zero-order chi connectivity index (χ0) is 13.9. The molecule has 1 fully saturated rings. The fraction of sp³-hybridized carbons (Fsp3) is 0.333. The van der Waals surface area contributed by atoms with E-state index < -0.39 is 0 Å². The van der Waals surface area contributed by atoms with Gasteiger partial charge in [0.1, 0.15) is 11.6 Å². The molecule has 1 saturated carbocycles. The van der Waals surface area contributed by atoms with Crippen LogP contribution in [0.3, 0.4) is 0 Å². The number of aromatic nitrogens is 2. The number of ether oxygens (including phenoxy) is 1. The Labute approximate surface area is 118 Å². The summed E-state index contributed by atoms with van der Waals surface area (Å²) in [5.74, 6) is 8.22. The van der Waals surface area contributed by atoms with Crippen molar-refractivity contribution >= 4 is 5.82 Å². The lowest BCUT2D eigenvalue weighted by atomic mass is 10.2. The summed E-state index contributed by atoms with van der Waals surface area (Å²) >= 11 is 0. The molecule has 104 valence electrons. The largest absolute Gasteiger partial charge is 0.494 e. The minimum Gasteiger partial charge on any atom is -0.494 e. The Morgan fingerprint density at radius 2 is 2.15 bits per heavy atom. The van der Waals surface area contributed by atoms with Gasteiger partial charge in [0.05, 0.1) is 6.61 Å². The van der Waals surface area contributed by atoms with Crippen LogP contribution in [-0.2, 0) is 0 Å². The third-order valence-corrected chi connectivity index (χ3v) is 3.29. The molecule has 2 aromatic rings. The van der Waals surface area contributed by atoms with E-state index in [1.807, 2.05) is 37.3 Å². The van der Waals surface area contributed by atoms with Gasteiger partial charge in [-0.3, -0.25) is 0 Å². The van der Waals surface area contributed by atoms with Gasteiger partial charge in [0.15, 0.2) is 5.82 Å². The lowest BCUT2D eigenvalue weighted by molar-refractivity contribution is 0.340. The lowest BCUT2D eigenvalue weighted by Gasteiger charge is -2.09. The molecule has 5 heteroatoms. The number of nitrogens with zero attached hydrogens (tertiary/aromatic N) is 2. The van der Waals surface area contributed by atoms with Crippen LogP contribution in [0.4, 0.5) is 5.82 Å². The number of nitrogens with two attached hydrogens (primary N) is 1. The van der Waals surface area contributed by atoms with Crippen molar-refractivity contribution in [3.63, 3.8) is 0 Å². The number of nitrogen functional groups attached to an aromatic ring is 1. The predicted octanol–water partition coefficient (Wildman–Crippen LogP) is 2.71. The van der Waals surface area contributed by atoms with E-state index in [9.17, 15) is 0 Å². The lowest BCUT2D eigenvalue weighted by Crippen LogP contribution is -2.10. The van der Waals surface area contributed by atoms with E-state index in [2.05, 4.69) is 15.4 Å². The Morgan fingerprint density at radius 3 is 2.85 bits per heavy atom. The van der Waals surface area contributed by atoms with Crippen LogP contribution in [0.2, 0.25) is 0 Å². The first-order chi connectivity index (χ1) is 9.80. The molecule has 0 atom stereocenters. The molecule has 0 aliphatic heterocycles. The highest BCUT2D eigenvalue weighted by Crippen LogP contribution is 2.40. The number of hydrogen-bond donors (Lipinski definition) is 2. The molecule has 1 aliphatic rings. The quantitative estimate of drug-likeness (QED) is 0.645. The summed E-state index contributed by atoms with van der Waals surface area (Å²) in [5, 5.41) is 0. The van der Waals surface area contributed by atoms with Gasteiger partial charge in [0, 0.05) is 23.2 Å². The molecule has 0 spiro atoms. The molecule has 0 saturated heterocycles. The molecule has 3 N–H and O–H groups in total. The Balaban J connectivity index is 1.99. The summed E-state index contributed by atoms with van der Waals surface area (Å²) < 4.78 is 5.52. The maximum absolute atomic E-state index is 5.52. The predicted molar refractivity (Wildman–Crippen MR) is 78.4 cm³/mol. The maximum Gasteiger partial charge on any atom is 0.161 e. The first-order valence-corrected chi connectivity index (χ1v) is 6.89. The van der Waals surface area contributed by atoms with Crippen molar-refractivity contribution in [1.29, 1.82) is 0 Å².